The minimum absolute atomic E-state index is 0.00499. The van der Waals surface area contributed by atoms with E-state index in [9.17, 15) is 18.0 Å². The topological polar surface area (TPSA) is 141 Å². The molecule has 260 valence electrons. The molecule has 3 N–H and O–H groups in total. The average Bonchev–Trinajstić information content (AvgIpc) is 3.48. The Labute approximate surface area is 295 Å². The number of carbonyl (C=O) groups excluding carboxylic acids is 1. The van der Waals surface area contributed by atoms with E-state index >= 15 is 0 Å². The minimum Gasteiger partial charge on any atom is -0.494 e. The van der Waals surface area contributed by atoms with E-state index in [0.717, 1.165) is 12.1 Å². The van der Waals surface area contributed by atoms with Crippen LogP contribution in [0.5, 0.6) is 5.75 Å². The molecule has 0 aliphatic carbocycles. The summed E-state index contributed by atoms with van der Waals surface area (Å²) < 4.78 is 51.4. The molecule has 5 rings (SSSR count). The van der Waals surface area contributed by atoms with Crippen LogP contribution in [-0.4, -0.2) is 35.7 Å². The molecule has 0 saturated heterocycles. The van der Waals surface area contributed by atoms with Gasteiger partial charge in [-0.3, -0.25) is 10.2 Å². The molecule has 4 aromatic rings. The minimum atomic E-state index is -4.48. The first-order valence-electron chi connectivity index (χ1n) is 15.4. The second-order valence-electron chi connectivity index (χ2n) is 11.3. The quantitative estimate of drug-likeness (QED) is 0.0398. The van der Waals surface area contributed by atoms with Gasteiger partial charge in [-0.25, -0.2) is 10.4 Å². The van der Waals surface area contributed by atoms with Crippen molar-refractivity contribution in [3.8, 4) is 5.75 Å². The van der Waals surface area contributed by atoms with Crippen LogP contribution in [0.25, 0.3) is 10.4 Å². The summed E-state index contributed by atoms with van der Waals surface area (Å²) in [7, 11) is 0. The van der Waals surface area contributed by atoms with E-state index in [4.69, 9.17) is 48.3 Å². The van der Waals surface area contributed by atoms with Crippen LogP contribution in [0.1, 0.15) is 45.9 Å². The van der Waals surface area contributed by atoms with Gasteiger partial charge in [0, 0.05) is 52.1 Å². The van der Waals surface area contributed by atoms with Gasteiger partial charge in [-0.15, -0.1) is 0 Å². The van der Waals surface area contributed by atoms with Gasteiger partial charge in [0.15, 0.2) is 11.6 Å². The lowest BCUT2D eigenvalue weighted by atomic mass is 9.81. The molecule has 0 saturated carbocycles. The molecule has 0 radical (unpaired) electrons. The number of carbonyl (C=O) groups is 1. The van der Waals surface area contributed by atoms with Crippen LogP contribution in [0.3, 0.4) is 0 Å². The third-order valence-corrected chi connectivity index (χ3v) is 8.50. The van der Waals surface area contributed by atoms with Gasteiger partial charge in [0.05, 0.1) is 18.7 Å². The molecule has 0 spiro atoms. The molecule has 50 heavy (non-hydrogen) atoms. The zero-order chi connectivity index (χ0) is 35.7. The number of hydrazine groups is 1. The fraction of sp³-hybridized carbons (Fsp3) is 0.257. The first-order valence-corrected chi connectivity index (χ1v) is 16.1. The van der Waals surface area contributed by atoms with E-state index in [1.807, 2.05) is 0 Å². The number of aliphatic hydroxyl groups excluding tert-OH is 1. The largest absolute Gasteiger partial charge is 0.494 e. The lowest BCUT2D eigenvalue weighted by molar-refractivity contribution is -0.137. The molecule has 15 heteroatoms. The Morgan fingerprint density at radius 3 is 2.42 bits per heavy atom. The number of ether oxygens (including phenoxy) is 2. The number of halogens is 5. The highest BCUT2D eigenvalue weighted by molar-refractivity contribution is 6.35. The Balaban J connectivity index is 1.55. The lowest BCUT2D eigenvalue weighted by Gasteiger charge is -2.32. The van der Waals surface area contributed by atoms with Crippen molar-refractivity contribution in [2.45, 2.75) is 43.8 Å². The molecule has 0 aromatic heterocycles. The third kappa shape index (κ3) is 8.68. The van der Waals surface area contributed by atoms with Gasteiger partial charge >= 0.3 is 6.18 Å². The highest BCUT2D eigenvalue weighted by atomic mass is 35.5. The highest BCUT2D eigenvalue weighted by Crippen LogP contribution is 2.45. The van der Waals surface area contributed by atoms with Crippen molar-refractivity contribution in [3.63, 3.8) is 0 Å². The summed E-state index contributed by atoms with van der Waals surface area (Å²) >= 11 is 12.9. The number of rotatable bonds is 14. The molecule has 1 heterocycles. The molecular weight excluding hydrogens is 696 g/mol. The van der Waals surface area contributed by atoms with Crippen LogP contribution < -0.4 is 15.6 Å². The summed E-state index contributed by atoms with van der Waals surface area (Å²) in [5.74, 6) is 0.0628. The summed E-state index contributed by atoms with van der Waals surface area (Å²) in [6.07, 6.45) is -5.14. The number of nitrogens with zero attached hydrogens (tertiary/aromatic N) is 4. The number of hydrogen-bond donors (Lipinski definition) is 3. The zero-order valence-corrected chi connectivity index (χ0v) is 27.8. The predicted molar refractivity (Wildman–Crippen MR) is 183 cm³/mol. The fourth-order valence-electron chi connectivity index (χ4n) is 5.40. The maximum absolute atomic E-state index is 14.5. The first kappa shape index (κ1) is 36.5. The fourth-order valence-corrected chi connectivity index (χ4v) is 5.91. The third-order valence-electron chi connectivity index (χ3n) is 7.93. The summed E-state index contributed by atoms with van der Waals surface area (Å²) in [4.78, 5) is 22.3. The lowest BCUT2D eigenvalue weighted by Crippen LogP contribution is -2.53. The average molecular weight is 728 g/mol. The van der Waals surface area contributed by atoms with Crippen molar-refractivity contribution in [3.05, 3.63) is 145 Å². The Bertz CT molecular complexity index is 1890. The van der Waals surface area contributed by atoms with Crippen molar-refractivity contribution in [2.75, 3.05) is 13.2 Å². The molecular formula is C35H31Cl2F3N6O4. The van der Waals surface area contributed by atoms with E-state index in [2.05, 4.69) is 20.9 Å². The summed E-state index contributed by atoms with van der Waals surface area (Å²) in [5, 5.41) is 13.4. The van der Waals surface area contributed by atoms with Crippen LogP contribution in [-0.2, 0) is 35.2 Å². The van der Waals surface area contributed by atoms with Gasteiger partial charge in [0.2, 0.25) is 5.90 Å². The number of nitrogens with one attached hydrogen (secondary N) is 2. The van der Waals surface area contributed by atoms with Crippen LogP contribution in [0.2, 0.25) is 10.0 Å². The maximum atomic E-state index is 14.5. The van der Waals surface area contributed by atoms with Crippen molar-refractivity contribution in [2.24, 2.45) is 10.1 Å². The molecule has 1 aliphatic heterocycles. The standard InChI is InChI=1S/C35H31Cl2F3N6O4/c36-27-12-15-29(30(37)18-27)31-34(19-24-4-1-2-5-25(24)21-43-46-41,33(48)45-42-20-22-6-10-26(11-7-22)35(38,39)40)44-32(50-31)23-8-13-28(14-9-23)49-17-3-16-47/h1-2,4-15,18,31,42,47H,3,16-17,19-21H2,(H,45,48)/t31-,34-/m0/s1. The smallest absolute Gasteiger partial charge is 0.416 e. The van der Waals surface area contributed by atoms with Gasteiger partial charge in [-0.1, -0.05) is 70.8 Å². The van der Waals surface area contributed by atoms with E-state index in [0.29, 0.717) is 51.6 Å². The van der Waals surface area contributed by atoms with Crippen LogP contribution in [0.4, 0.5) is 13.2 Å². The van der Waals surface area contributed by atoms with Gasteiger partial charge < -0.3 is 14.6 Å². The number of azide groups is 1. The number of aliphatic hydroxyl groups is 1. The van der Waals surface area contributed by atoms with Crippen molar-refractivity contribution in [1.82, 2.24) is 10.9 Å². The summed E-state index contributed by atoms with van der Waals surface area (Å²) in [6, 6.07) is 23.3. The summed E-state index contributed by atoms with van der Waals surface area (Å²) in [5.41, 5.74) is 14.8. The van der Waals surface area contributed by atoms with Gasteiger partial charge in [0.1, 0.15) is 5.75 Å². The molecule has 0 unspecified atom stereocenters. The van der Waals surface area contributed by atoms with E-state index in [1.54, 1.807) is 60.7 Å². The Morgan fingerprint density at radius 2 is 1.76 bits per heavy atom. The van der Waals surface area contributed by atoms with Crippen molar-refractivity contribution in [1.29, 1.82) is 0 Å². The zero-order valence-electron chi connectivity index (χ0n) is 26.3. The molecule has 2 atom stereocenters. The van der Waals surface area contributed by atoms with Crippen LogP contribution >= 0.6 is 23.2 Å². The number of hydrogen-bond acceptors (Lipinski definition) is 7. The molecule has 1 amide bonds. The van der Waals surface area contributed by atoms with Crippen LogP contribution in [0.15, 0.2) is 101 Å². The number of aliphatic imine (C=N–C) groups is 1. The normalized spacial score (nSPS) is 17.0. The second-order valence-corrected chi connectivity index (χ2v) is 12.1. The van der Waals surface area contributed by atoms with Gasteiger partial charge in [-0.2, -0.15) is 13.2 Å². The highest BCUT2D eigenvalue weighted by Gasteiger charge is 2.54. The molecule has 10 nitrogen and oxygen atoms in total. The predicted octanol–water partition coefficient (Wildman–Crippen LogP) is 7.90. The number of alkyl halides is 3. The monoisotopic (exact) mass is 726 g/mol. The first-order chi connectivity index (χ1) is 24.0. The van der Waals surface area contributed by atoms with Gasteiger partial charge in [-0.05, 0) is 70.8 Å². The van der Waals surface area contributed by atoms with Crippen molar-refractivity contribution < 1.29 is 32.5 Å². The Morgan fingerprint density at radius 1 is 1.04 bits per heavy atom. The Hall–Kier alpha value is -4.78. The number of amides is 1. The SMILES string of the molecule is [N-]=[N+]=NCc1ccccc1C[C@]1(C(=O)NNCc2ccc(C(F)(F)F)cc2)N=C(c2ccc(OCCCO)cc2)O[C@H]1c1ccc(Cl)cc1Cl. The molecule has 1 aliphatic rings. The number of benzene rings is 4. The molecule has 4 aromatic carbocycles. The Kier molecular flexibility index (Phi) is 11.9. The second kappa shape index (κ2) is 16.3. The van der Waals surface area contributed by atoms with E-state index < -0.39 is 29.3 Å². The van der Waals surface area contributed by atoms with Crippen LogP contribution in [0, 0.1) is 0 Å². The molecule has 0 fully saturated rings. The summed E-state index contributed by atoms with van der Waals surface area (Å²) in [6.45, 7) is 0.322. The molecule has 0 bridgehead atoms. The van der Waals surface area contributed by atoms with E-state index in [1.165, 1.54) is 18.2 Å². The van der Waals surface area contributed by atoms with E-state index in [-0.39, 0.29) is 37.0 Å². The maximum Gasteiger partial charge on any atom is 0.416 e. The van der Waals surface area contributed by atoms with Crippen molar-refractivity contribution >= 4 is 35.0 Å². The van der Waals surface area contributed by atoms with Gasteiger partial charge in [0.25, 0.3) is 5.91 Å².